The second-order valence-corrected chi connectivity index (χ2v) is 5.28. The number of carbonyl (C=O) groups excluding carboxylic acids is 1. The molecule has 0 fully saturated rings. The van der Waals surface area contributed by atoms with E-state index in [-0.39, 0.29) is 16.9 Å². The number of benzene rings is 1. The number of H-pyrrole nitrogens is 1. The Morgan fingerprint density at radius 2 is 1.95 bits per heavy atom. The topological polar surface area (TPSA) is 54.9 Å². The maximum absolute atomic E-state index is 12.7. The van der Waals surface area contributed by atoms with Gasteiger partial charge in [0.2, 0.25) is 5.43 Å². The first-order chi connectivity index (χ1) is 9.58. The number of aryl methyl sites for hydroxylation is 2. The van der Waals surface area contributed by atoms with E-state index in [0.29, 0.717) is 11.1 Å². The summed E-state index contributed by atoms with van der Waals surface area (Å²) >= 11 is 0. The fraction of sp³-hybridized carbons (Fsp3) is 0.125. The first-order valence-electron chi connectivity index (χ1n) is 6.47. The summed E-state index contributed by atoms with van der Waals surface area (Å²) in [5.74, 6) is -0.247. The Labute approximate surface area is 114 Å². The van der Waals surface area contributed by atoms with E-state index in [1.807, 2.05) is 32.0 Å². The van der Waals surface area contributed by atoms with Gasteiger partial charge in [-0.25, -0.2) is 0 Å². The van der Waals surface area contributed by atoms with Crippen molar-refractivity contribution in [3.8, 4) is 11.4 Å². The van der Waals surface area contributed by atoms with Gasteiger partial charge in [-0.05, 0) is 43.2 Å². The van der Waals surface area contributed by atoms with Crippen molar-refractivity contribution in [3.63, 3.8) is 0 Å². The highest BCUT2D eigenvalue weighted by Crippen LogP contribution is 2.30. The number of hydrogen-bond acceptors (Lipinski definition) is 2. The molecule has 4 nitrogen and oxygen atoms in total. The van der Waals surface area contributed by atoms with Crippen LogP contribution in [-0.2, 0) is 0 Å². The van der Waals surface area contributed by atoms with Gasteiger partial charge in [0.05, 0.1) is 16.9 Å². The third-order valence-corrected chi connectivity index (χ3v) is 3.88. The molecule has 0 saturated heterocycles. The lowest BCUT2D eigenvalue weighted by Crippen LogP contribution is -2.17. The maximum atomic E-state index is 12.7. The highest BCUT2D eigenvalue weighted by atomic mass is 16.2. The Kier molecular flexibility index (Phi) is 1.95. The van der Waals surface area contributed by atoms with E-state index < -0.39 is 0 Å². The average molecular weight is 264 g/mol. The molecule has 1 aliphatic rings. The standard InChI is InChI=1S/C16H12N2O2/c1-8-6-9(2)12-10(7-8)17-14-11-4-3-5-18(11)16(20)13(14)15(12)19/h3-7H,1-2H3,(H,17,19). The van der Waals surface area contributed by atoms with Gasteiger partial charge in [-0.15, -0.1) is 0 Å². The molecule has 3 heterocycles. The molecule has 98 valence electrons. The van der Waals surface area contributed by atoms with E-state index in [2.05, 4.69) is 4.98 Å². The Morgan fingerprint density at radius 1 is 1.15 bits per heavy atom. The zero-order valence-corrected chi connectivity index (χ0v) is 11.2. The second-order valence-electron chi connectivity index (χ2n) is 5.28. The number of fused-ring (bicyclic) bond motifs is 4. The van der Waals surface area contributed by atoms with Crippen LogP contribution in [-0.4, -0.2) is 15.5 Å². The quantitative estimate of drug-likeness (QED) is 0.531. The lowest BCUT2D eigenvalue weighted by atomic mass is 10.0. The molecular weight excluding hydrogens is 252 g/mol. The summed E-state index contributed by atoms with van der Waals surface area (Å²) in [7, 11) is 0. The van der Waals surface area contributed by atoms with Crippen LogP contribution in [0.5, 0.6) is 0 Å². The molecule has 4 heteroatoms. The summed E-state index contributed by atoms with van der Waals surface area (Å²) in [5.41, 5.74) is 4.22. The van der Waals surface area contributed by atoms with Gasteiger partial charge < -0.3 is 4.98 Å². The van der Waals surface area contributed by atoms with Gasteiger partial charge in [0.1, 0.15) is 5.56 Å². The summed E-state index contributed by atoms with van der Waals surface area (Å²) in [6.07, 6.45) is 1.69. The molecule has 20 heavy (non-hydrogen) atoms. The molecule has 1 aromatic carbocycles. The van der Waals surface area contributed by atoms with Crippen LogP contribution < -0.4 is 5.43 Å². The molecule has 0 unspecified atom stereocenters. The van der Waals surface area contributed by atoms with Crippen LogP contribution >= 0.6 is 0 Å². The molecule has 0 atom stereocenters. The molecule has 0 amide bonds. The van der Waals surface area contributed by atoms with E-state index in [1.165, 1.54) is 4.57 Å². The summed E-state index contributed by atoms with van der Waals surface area (Å²) < 4.78 is 1.52. The summed E-state index contributed by atoms with van der Waals surface area (Å²) in [5, 5.41) is 0.605. The molecule has 0 radical (unpaired) electrons. The zero-order valence-electron chi connectivity index (χ0n) is 11.2. The molecule has 0 saturated carbocycles. The van der Waals surface area contributed by atoms with Gasteiger partial charge in [0.15, 0.2) is 0 Å². The van der Waals surface area contributed by atoms with E-state index in [1.54, 1.807) is 12.3 Å². The fourth-order valence-electron chi connectivity index (χ4n) is 3.08. The molecule has 1 N–H and O–H groups in total. The number of nitrogens with one attached hydrogen (secondary N) is 1. The maximum Gasteiger partial charge on any atom is 0.268 e. The molecular formula is C16H12N2O2. The van der Waals surface area contributed by atoms with Crippen LogP contribution in [0.1, 0.15) is 21.5 Å². The van der Waals surface area contributed by atoms with Crippen molar-refractivity contribution < 1.29 is 4.79 Å². The predicted molar refractivity (Wildman–Crippen MR) is 77.2 cm³/mol. The van der Waals surface area contributed by atoms with Crippen molar-refractivity contribution in [3.05, 3.63) is 57.4 Å². The van der Waals surface area contributed by atoms with Gasteiger partial charge in [-0.1, -0.05) is 6.07 Å². The van der Waals surface area contributed by atoms with Crippen molar-refractivity contribution in [1.82, 2.24) is 9.55 Å². The van der Waals surface area contributed by atoms with E-state index in [9.17, 15) is 9.59 Å². The Hall–Kier alpha value is -2.62. The third-order valence-electron chi connectivity index (χ3n) is 3.88. The summed E-state index contributed by atoms with van der Waals surface area (Å²) in [4.78, 5) is 28.3. The van der Waals surface area contributed by atoms with Crippen molar-refractivity contribution in [2.24, 2.45) is 0 Å². The lowest BCUT2D eigenvalue weighted by molar-refractivity contribution is 0.0968. The Bertz CT molecular complexity index is 961. The van der Waals surface area contributed by atoms with Crippen molar-refractivity contribution in [1.29, 1.82) is 0 Å². The smallest absolute Gasteiger partial charge is 0.268 e. The van der Waals surface area contributed by atoms with Crippen molar-refractivity contribution >= 4 is 16.8 Å². The highest BCUT2D eigenvalue weighted by molar-refractivity contribution is 6.10. The summed E-state index contributed by atoms with van der Waals surface area (Å²) in [6, 6.07) is 7.55. The van der Waals surface area contributed by atoms with E-state index in [0.717, 1.165) is 22.3 Å². The van der Waals surface area contributed by atoms with Crippen LogP contribution in [0.15, 0.2) is 35.3 Å². The van der Waals surface area contributed by atoms with Gasteiger partial charge in [0.25, 0.3) is 5.91 Å². The Morgan fingerprint density at radius 3 is 2.75 bits per heavy atom. The SMILES string of the molecule is Cc1cc(C)c2c(=O)c3c([nH]c2c1)-c1cccn1C3=O. The highest BCUT2D eigenvalue weighted by Gasteiger charge is 2.30. The average Bonchev–Trinajstić information content (AvgIpc) is 2.93. The Balaban J connectivity index is 2.24. The fourth-order valence-corrected chi connectivity index (χ4v) is 3.08. The number of pyridine rings is 1. The molecule has 3 aromatic rings. The second kappa shape index (κ2) is 3.48. The van der Waals surface area contributed by atoms with Gasteiger partial charge >= 0.3 is 0 Å². The largest absolute Gasteiger partial charge is 0.352 e. The van der Waals surface area contributed by atoms with Crippen molar-refractivity contribution in [2.45, 2.75) is 13.8 Å². The minimum Gasteiger partial charge on any atom is -0.352 e. The molecule has 4 rings (SSSR count). The normalized spacial score (nSPS) is 12.8. The number of nitrogens with zero attached hydrogens (tertiary/aromatic N) is 1. The zero-order chi connectivity index (χ0) is 14.0. The molecule has 0 spiro atoms. The van der Waals surface area contributed by atoms with Gasteiger partial charge in [-0.2, -0.15) is 0 Å². The number of aromatic nitrogens is 2. The molecule has 0 aliphatic carbocycles. The molecule has 0 bridgehead atoms. The van der Waals surface area contributed by atoms with E-state index in [4.69, 9.17) is 0 Å². The van der Waals surface area contributed by atoms with E-state index >= 15 is 0 Å². The van der Waals surface area contributed by atoms with Crippen LogP contribution in [0.25, 0.3) is 22.3 Å². The van der Waals surface area contributed by atoms with Crippen LogP contribution in [0.4, 0.5) is 0 Å². The van der Waals surface area contributed by atoms with Crippen LogP contribution in [0, 0.1) is 13.8 Å². The summed E-state index contributed by atoms with van der Waals surface area (Å²) in [6.45, 7) is 3.89. The minimum atomic E-state index is -0.247. The number of carbonyl (C=O) groups is 1. The lowest BCUT2D eigenvalue weighted by Gasteiger charge is -2.06. The molecule has 1 aliphatic heterocycles. The number of rotatable bonds is 0. The monoisotopic (exact) mass is 264 g/mol. The third kappa shape index (κ3) is 1.20. The first kappa shape index (κ1) is 11.2. The first-order valence-corrected chi connectivity index (χ1v) is 6.47. The molecule has 2 aromatic heterocycles. The van der Waals surface area contributed by atoms with Crippen LogP contribution in [0.3, 0.4) is 0 Å². The van der Waals surface area contributed by atoms with Crippen molar-refractivity contribution in [2.75, 3.05) is 0 Å². The number of aromatic amines is 1. The number of hydrogen-bond donors (Lipinski definition) is 1. The predicted octanol–water partition coefficient (Wildman–Crippen LogP) is 2.62. The van der Waals surface area contributed by atoms with Gasteiger partial charge in [0, 0.05) is 11.6 Å². The minimum absolute atomic E-state index is 0.181. The van der Waals surface area contributed by atoms with Crippen LogP contribution in [0.2, 0.25) is 0 Å². The van der Waals surface area contributed by atoms with Gasteiger partial charge in [-0.3, -0.25) is 14.2 Å².